The maximum absolute atomic E-state index is 12.4. The molecule has 154 valence electrons. The van der Waals surface area contributed by atoms with Crippen LogP contribution in [0.3, 0.4) is 0 Å². The third-order valence-electron chi connectivity index (χ3n) is 4.35. The number of benzene rings is 2. The molecule has 10 heteroatoms. The zero-order valence-electron chi connectivity index (χ0n) is 16.4. The number of rotatable bonds is 6. The van der Waals surface area contributed by atoms with Gasteiger partial charge in [-0.2, -0.15) is 5.10 Å². The summed E-state index contributed by atoms with van der Waals surface area (Å²) in [6.45, 7) is 1.78. The summed E-state index contributed by atoms with van der Waals surface area (Å²) in [5.74, 6) is -0.540. The average Bonchev–Trinajstić information content (AvgIpc) is 3.52. The molecule has 4 rings (SSSR count). The van der Waals surface area contributed by atoms with E-state index in [1.54, 1.807) is 43.3 Å². The van der Waals surface area contributed by atoms with Gasteiger partial charge in [0.05, 0.1) is 17.7 Å². The van der Waals surface area contributed by atoms with Crippen LogP contribution in [0.2, 0.25) is 0 Å². The highest BCUT2D eigenvalue weighted by molar-refractivity contribution is 6.03. The highest BCUT2D eigenvalue weighted by atomic mass is 16.3. The quantitative estimate of drug-likeness (QED) is 0.368. The highest BCUT2D eigenvalue weighted by Crippen LogP contribution is 2.13. The first-order chi connectivity index (χ1) is 15.1. The van der Waals surface area contributed by atoms with Crippen LogP contribution < -0.4 is 10.7 Å². The number of hydrogen-bond acceptors (Lipinski definition) is 7. The molecule has 0 bridgehead atoms. The van der Waals surface area contributed by atoms with Gasteiger partial charge in [-0.1, -0.05) is 12.1 Å². The summed E-state index contributed by atoms with van der Waals surface area (Å²) in [4.78, 5) is 24.4. The molecule has 2 aromatic carbocycles. The summed E-state index contributed by atoms with van der Waals surface area (Å²) < 4.78 is 6.58. The van der Waals surface area contributed by atoms with Crippen molar-refractivity contribution < 1.29 is 14.0 Å². The number of anilines is 1. The Bertz CT molecular complexity index is 1210. The minimum absolute atomic E-state index is 0.204. The Morgan fingerprint density at radius 3 is 2.55 bits per heavy atom. The van der Waals surface area contributed by atoms with E-state index in [1.165, 1.54) is 17.3 Å². The maximum Gasteiger partial charge on any atom is 0.291 e. The van der Waals surface area contributed by atoms with Crippen molar-refractivity contribution in [1.82, 2.24) is 25.6 Å². The number of nitrogens with zero attached hydrogens (tertiary/aromatic N) is 5. The van der Waals surface area contributed by atoms with E-state index in [4.69, 9.17) is 4.42 Å². The third-order valence-corrected chi connectivity index (χ3v) is 4.35. The fraction of sp³-hybridized carbons (Fsp3) is 0.0476. The number of hydrogen-bond donors (Lipinski definition) is 2. The van der Waals surface area contributed by atoms with Crippen LogP contribution in [0.5, 0.6) is 0 Å². The number of carbonyl (C=O) groups is 2. The second kappa shape index (κ2) is 8.82. The Labute approximate surface area is 176 Å². The second-order valence-corrected chi connectivity index (χ2v) is 6.45. The van der Waals surface area contributed by atoms with Gasteiger partial charge in [0.1, 0.15) is 6.33 Å². The molecule has 2 amide bonds. The van der Waals surface area contributed by atoms with Crippen LogP contribution >= 0.6 is 0 Å². The van der Waals surface area contributed by atoms with E-state index in [2.05, 4.69) is 31.4 Å². The lowest BCUT2D eigenvalue weighted by atomic mass is 10.1. The molecule has 10 nitrogen and oxygen atoms in total. The third kappa shape index (κ3) is 4.70. The highest BCUT2D eigenvalue weighted by Gasteiger charge is 2.10. The number of nitrogens with one attached hydrogen (secondary N) is 2. The SMILES string of the molecule is C/C(=N\NC(=O)c1ccc(NC(=O)c2ccco2)cc1)c1cccc(-n2cnnn2)c1. The minimum atomic E-state index is -0.375. The van der Waals surface area contributed by atoms with Crippen LogP contribution in [-0.2, 0) is 0 Å². The standard InChI is InChI=1S/C21H17N7O3/c1-14(16-4-2-5-18(12-16)28-13-22-26-27-28)24-25-20(29)15-7-9-17(10-8-15)23-21(30)19-6-3-11-31-19/h2-13H,1H3,(H,23,30)(H,25,29)/b24-14+. The number of carbonyl (C=O) groups excluding carboxylic acids is 2. The molecule has 0 saturated heterocycles. The molecular formula is C21H17N7O3. The average molecular weight is 415 g/mol. The van der Waals surface area contributed by atoms with E-state index in [-0.39, 0.29) is 17.6 Å². The molecule has 2 aromatic heterocycles. The number of furan rings is 1. The minimum Gasteiger partial charge on any atom is -0.459 e. The van der Waals surface area contributed by atoms with Crippen LogP contribution in [0.15, 0.2) is 82.8 Å². The van der Waals surface area contributed by atoms with Crippen molar-refractivity contribution in [3.8, 4) is 5.69 Å². The van der Waals surface area contributed by atoms with E-state index in [9.17, 15) is 9.59 Å². The molecule has 0 aliphatic heterocycles. The number of amides is 2. The van der Waals surface area contributed by atoms with Crippen LogP contribution in [0.4, 0.5) is 5.69 Å². The molecular weight excluding hydrogens is 398 g/mol. The lowest BCUT2D eigenvalue weighted by Gasteiger charge is -2.06. The largest absolute Gasteiger partial charge is 0.459 e. The molecule has 0 unspecified atom stereocenters. The van der Waals surface area contributed by atoms with Crippen LogP contribution in [-0.4, -0.2) is 37.7 Å². The molecule has 0 saturated carbocycles. The molecule has 0 spiro atoms. The first kappa shape index (κ1) is 19.7. The Morgan fingerprint density at radius 1 is 1.00 bits per heavy atom. The summed E-state index contributed by atoms with van der Waals surface area (Å²) in [6, 6.07) is 17.1. The van der Waals surface area contributed by atoms with Crippen LogP contribution in [0, 0.1) is 0 Å². The van der Waals surface area contributed by atoms with Gasteiger partial charge in [0, 0.05) is 11.3 Å². The molecule has 0 aliphatic carbocycles. The fourth-order valence-electron chi connectivity index (χ4n) is 2.72. The molecule has 0 fully saturated rings. The smallest absolute Gasteiger partial charge is 0.291 e. The molecule has 31 heavy (non-hydrogen) atoms. The number of aromatic nitrogens is 4. The van der Waals surface area contributed by atoms with Gasteiger partial charge in [0.25, 0.3) is 11.8 Å². The normalized spacial score (nSPS) is 11.2. The lowest BCUT2D eigenvalue weighted by Crippen LogP contribution is -2.19. The first-order valence-electron chi connectivity index (χ1n) is 9.23. The Morgan fingerprint density at radius 2 is 1.84 bits per heavy atom. The Balaban J connectivity index is 1.39. The van der Waals surface area contributed by atoms with Crippen LogP contribution in [0.1, 0.15) is 33.4 Å². The zero-order valence-corrected chi connectivity index (χ0v) is 16.4. The predicted molar refractivity (Wildman–Crippen MR) is 112 cm³/mol. The van der Waals surface area contributed by atoms with Gasteiger partial charge in [0.2, 0.25) is 0 Å². The van der Waals surface area contributed by atoms with E-state index < -0.39 is 0 Å². The summed E-state index contributed by atoms with van der Waals surface area (Å²) in [6.07, 6.45) is 2.92. The van der Waals surface area contributed by atoms with Crippen molar-refractivity contribution in [3.63, 3.8) is 0 Å². The van der Waals surface area contributed by atoms with E-state index in [1.807, 2.05) is 24.3 Å². The first-order valence-corrected chi connectivity index (χ1v) is 9.23. The van der Waals surface area contributed by atoms with E-state index >= 15 is 0 Å². The van der Waals surface area contributed by atoms with Gasteiger partial charge in [-0.3, -0.25) is 9.59 Å². The fourth-order valence-corrected chi connectivity index (χ4v) is 2.72. The van der Waals surface area contributed by atoms with Crippen molar-refractivity contribution in [2.24, 2.45) is 5.10 Å². The summed E-state index contributed by atoms with van der Waals surface area (Å²) in [5, 5.41) is 18.0. The number of hydrazone groups is 1. The lowest BCUT2D eigenvalue weighted by molar-refractivity contribution is 0.0954. The maximum atomic E-state index is 12.4. The van der Waals surface area contributed by atoms with Gasteiger partial charge >= 0.3 is 0 Å². The van der Waals surface area contributed by atoms with Gasteiger partial charge < -0.3 is 9.73 Å². The van der Waals surface area contributed by atoms with Crippen molar-refractivity contribution in [2.75, 3.05) is 5.32 Å². The van der Waals surface area contributed by atoms with Crippen molar-refractivity contribution in [3.05, 3.63) is 90.1 Å². The second-order valence-electron chi connectivity index (χ2n) is 6.45. The van der Waals surface area contributed by atoms with Gasteiger partial charge in [-0.15, -0.1) is 5.10 Å². The van der Waals surface area contributed by atoms with Crippen molar-refractivity contribution in [1.29, 1.82) is 0 Å². The molecule has 0 atom stereocenters. The summed E-state index contributed by atoms with van der Waals surface area (Å²) in [5.41, 5.74) is 5.67. The Hall–Kier alpha value is -4.60. The van der Waals surface area contributed by atoms with Crippen molar-refractivity contribution >= 4 is 23.2 Å². The molecule has 0 aliphatic rings. The summed E-state index contributed by atoms with van der Waals surface area (Å²) in [7, 11) is 0. The predicted octanol–water partition coefficient (Wildman–Crippen LogP) is 2.66. The molecule has 2 N–H and O–H groups in total. The Kier molecular flexibility index (Phi) is 5.61. The number of tetrazole rings is 1. The van der Waals surface area contributed by atoms with E-state index in [0.717, 1.165) is 11.3 Å². The monoisotopic (exact) mass is 415 g/mol. The molecule has 4 aromatic rings. The van der Waals surface area contributed by atoms with Gasteiger partial charge in [0.15, 0.2) is 5.76 Å². The zero-order chi connectivity index (χ0) is 21.6. The topological polar surface area (TPSA) is 127 Å². The van der Waals surface area contributed by atoms with Crippen molar-refractivity contribution in [2.45, 2.75) is 6.92 Å². The van der Waals surface area contributed by atoms with Crippen LogP contribution in [0.25, 0.3) is 5.69 Å². The summed E-state index contributed by atoms with van der Waals surface area (Å²) >= 11 is 0. The molecule has 0 radical (unpaired) electrons. The van der Waals surface area contributed by atoms with E-state index in [0.29, 0.717) is 17.0 Å². The molecule has 2 heterocycles. The van der Waals surface area contributed by atoms with Gasteiger partial charge in [-0.05, 0) is 71.4 Å². The van der Waals surface area contributed by atoms with Gasteiger partial charge in [-0.25, -0.2) is 10.1 Å².